The minimum absolute atomic E-state index is 0.118. The zero-order valence-corrected chi connectivity index (χ0v) is 20.7. The van der Waals surface area contributed by atoms with Gasteiger partial charge in [-0.05, 0) is 34.6 Å². The van der Waals surface area contributed by atoms with E-state index in [2.05, 4.69) is 32.4 Å². The van der Waals surface area contributed by atoms with Gasteiger partial charge in [-0.25, -0.2) is 0 Å². The maximum Gasteiger partial charge on any atom is 0.322 e. The molecule has 0 bridgehead atoms. The molecule has 2 N–H and O–H groups in total. The van der Waals surface area contributed by atoms with Crippen molar-refractivity contribution in [2.45, 2.75) is 46.7 Å². The van der Waals surface area contributed by atoms with Crippen molar-refractivity contribution in [2.75, 3.05) is 7.11 Å². The summed E-state index contributed by atoms with van der Waals surface area (Å²) >= 11 is 6.26. The van der Waals surface area contributed by atoms with Crippen LogP contribution in [0.4, 0.5) is 0 Å². The predicted octanol–water partition coefficient (Wildman–Crippen LogP) is 5.31. The third-order valence-electron chi connectivity index (χ3n) is 4.47. The van der Waals surface area contributed by atoms with Gasteiger partial charge in [-0.2, -0.15) is 0 Å². The Morgan fingerprint density at radius 2 is 1.61 bits per heavy atom. The molecule has 1 heterocycles. The maximum atomic E-state index is 12.9. The summed E-state index contributed by atoms with van der Waals surface area (Å²) in [5.41, 5.74) is 9.36. The van der Waals surface area contributed by atoms with Crippen LogP contribution in [0.3, 0.4) is 0 Å². The zero-order chi connectivity index (χ0) is 24.6. The second kappa shape index (κ2) is 11.8. The van der Waals surface area contributed by atoms with E-state index in [-0.39, 0.29) is 5.56 Å². The summed E-state index contributed by atoms with van der Waals surface area (Å²) in [5, 5.41) is 0.488. The lowest BCUT2D eigenvalue weighted by atomic mass is 10.0. The number of hydrogen-bond donors (Lipinski definition) is 1. The van der Waals surface area contributed by atoms with Gasteiger partial charge >= 0.3 is 5.97 Å². The molecule has 0 fully saturated rings. The molecule has 0 radical (unpaired) electrons. The van der Waals surface area contributed by atoms with Gasteiger partial charge in [0, 0.05) is 11.8 Å². The van der Waals surface area contributed by atoms with Crippen LogP contribution in [0.25, 0.3) is 11.1 Å². The van der Waals surface area contributed by atoms with Crippen molar-refractivity contribution in [3.05, 3.63) is 93.4 Å². The molecule has 0 spiro atoms. The van der Waals surface area contributed by atoms with E-state index in [9.17, 15) is 9.59 Å². The predicted molar refractivity (Wildman–Crippen MR) is 136 cm³/mol. The normalized spacial score (nSPS) is 11.8. The largest absolute Gasteiger partial charge is 0.468 e. The molecule has 0 saturated heterocycles. The van der Waals surface area contributed by atoms with Gasteiger partial charge in [-0.3, -0.25) is 9.59 Å². The number of methoxy groups -OCH3 is 1. The van der Waals surface area contributed by atoms with E-state index in [4.69, 9.17) is 17.3 Å². The Morgan fingerprint density at radius 1 is 1.03 bits per heavy atom. The molecule has 0 saturated carbocycles. The molecule has 1 aromatic heterocycles. The fourth-order valence-corrected chi connectivity index (χ4v) is 3.24. The van der Waals surface area contributed by atoms with E-state index >= 15 is 0 Å². The minimum Gasteiger partial charge on any atom is -0.468 e. The topological polar surface area (TPSA) is 74.3 Å². The molecular formula is C27H33ClN2O3. The van der Waals surface area contributed by atoms with Crippen LogP contribution in [-0.2, 0) is 22.5 Å². The highest BCUT2D eigenvalue weighted by Crippen LogP contribution is 2.21. The summed E-state index contributed by atoms with van der Waals surface area (Å²) in [6, 6.07) is 18.0. The summed E-state index contributed by atoms with van der Waals surface area (Å²) in [7, 11) is 1.31. The lowest BCUT2D eigenvalue weighted by Crippen LogP contribution is -2.33. The highest BCUT2D eigenvalue weighted by atomic mass is 35.5. The SMILES string of the molecule is CC(C)(C)C.COC(=O)C(N)Cc1ccc(-c2cc(Cl)cn(Cc3ccccc3)c2=O)cc1. The average molecular weight is 469 g/mol. The number of ether oxygens (including phenoxy) is 1. The zero-order valence-electron chi connectivity index (χ0n) is 20.0. The van der Waals surface area contributed by atoms with Crippen molar-refractivity contribution >= 4 is 17.6 Å². The van der Waals surface area contributed by atoms with Crippen molar-refractivity contribution in [3.63, 3.8) is 0 Å². The Kier molecular flexibility index (Phi) is 9.44. The summed E-state index contributed by atoms with van der Waals surface area (Å²) in [6.45, 7) is 9.19. The highest BCUT2D eigenvalue weighted by Gasteiger charge is 2.15. The van der Waals surface area contributed by atoms with Crippen molar-refractivity contribution in [2.24, 2.45) is 11.1 Å². The van der Waals surface area contributed by atoms with Crippen LogP contribution in [0.1, 0.15) is 38.8 Å². The Hall–Kier alpha value is -2.89. The van der Waals surface area contributed by atoms with Crippen LogP contribution in [0.5, 0.6) is 0 Å². The molecule has 3 rings (SSSR count). The van der Waals surface area contributed by atoms with Gasteiger partial charge in [0.2, 0.25) is 0 Å². The third-order valence-corrected chi connectivity index (χ3v) is 4.68. The standard InChI is InChI=1S/C22H21ClN2O3.C5H12/c1-28-22(27)20(24)11-15-7-9-17(10-8-15)19-12-18(23)14-25(21(19)26)13-16-5-3-2-4-6-16;1-5(2,3)4/h2-10,12,14,20H,11,13,24H2,1H3;1-4H3. The lowest BCUT2D eigenvalue weighted by molar-refractivity contribution is -0.142. The van der Waals surface area contributed by atoms with E-state index in [0.717, 1.165) is 16.7 Å². The first-order valence-corrected chi connectivity index (χ1v) is 11.2. The van der Waals surface area contributed by atoms with Crippen molar-refractivity contribution in [1.82, 2.24) is 4.57 Å². The maximum absolute atomic E-state index is 12.9. The Balaban J connectivity index is 0.000000696. The van der Waals surface area contributed by atoms with Crippen molar-refractivity contribution in [1.29, 1.82) is 0 Å². The first-order valence-electron chi connectivity index (χ1n) is 10.8. The highest BCUT2D eigenvalue weighted by molar-refractivity contribution is 6.30. The number of nitrogens with zero attached hydrogens (tertiary/aromatic N) is 1. The van der Waals surface area contributed by atoms with Gasteiger partial charge in [-0.15, -0.1) is 0 Å². The summed E-state index contributed by atoms with van der Waals surface area (Å²) < 4.78 is 6.25. The Bertz CT molecular complexity index is 1090. The molecular weight excluding hydrogens is 436 g/mol. The number of nitrogens with two attached hydrogens (primary N) is 1. The van der Waals surface area contributed by atoms with Crippen LogP contribution in [-0.4, -0.2) is 23.7 Å². The molecule has 2 aromatic carbocycles. The molecule has 176 valence electrons. The molecule has 6 heteroatoms. The number of esters is 1. The van der Waals surface area contributed by atoms with Crippen LogP contribution in [0.15, 0.2) is 71.7 Å². The minimum atomic E-state index is -0.717. The van der Waals surface area contributed by atoms with Crippen LogP contribution in [0.2, 0.25) is 5.02 Å². The molecule has 0 aliphatic heterocycles. The first-order chi connectivity index (χ1) is 15.5. The monoisotopic (exact) mass is 468 g/mol. The van der Waals surface area contributed by atoms with Gasteiger partial charge in [-0.1, -0.05) is 93.9 Å². The number of benzene rings is 2. The van der Waals surface area contributed by atoms with Crippen LogP contribution in [0, 0.1) is 5.41 Å². The smallest absolute Gasteiger partial charge is 0.322 e. The van der Waals surface area contributed by atoms with Gasteiger partial charge in [0.05, 0.1) is 18.7 Å². The second-order valence-corrected chi connectivity index (χ2v) is 9.96. The second-order valence-electron chi connectivity index (χ2n) is 9.52. The number of halogens is 1. The van der Waals surface area contributed by atoms with Crippen molar-refractivity contribution in [3.8, 4) is 11.1 Å². The number of carbonyl (C=O) groups is 1. The third kappa shape index (κ3) is 8.87. The molecule has 1 unspecified atom stereocenters. The van der Waals surface area contributed by atoms with Gasteiger partial charge in [0.1, 0.15) is 6.04 Å². The molecule has 33 heavy (non-hydrogen) atoms. The first kappa shape index (κ1) is 26.4. The molecule has 0 amide bonds. The molecule has 3 aromatic rings. The fourth-order valence-electron chi connectivity index (χ4n) is 3.01. The van der Waals surface area contributed by atoms with E-state index in [1.807, 2.05) is 54.6 Å². The summed E-state index contributed by atoms with van der Waals surface area (Å²) in [6.07, 6.45) is 2.00. The molecule has 0 aliphatic carbocycles. The van der Waals surface area contributed by atoms with Crippen LogP contribution >= 0.6 is 11.6 Å². The van der Waals surface area contributed by atoms with E-state index in [1.54, 1.807) is 16.8 Å². The molecule has 5 nitrogen and oxygen atoms in total. The number of hydrogen-bond acceptors (Lipinski definition) is 4. The summed E-state index contributed by atoms with van der Waals surface area (Å²) in [4.78, 5) is 24.4. The number of aromatic nitrogens is 1. The summed E-state index contributed by atoms with van der Waals surface area (Å²) in [5.74, 6) is -0.456. The van der Waals surface area contributed by atoms with Gasteiger partial charge < -0.3 is 15.0 Å². The van der Waals surface area contributed by atoms with E-state index in [1.165, 1.54) is 7.11 Å². The van der Waals surface area contributed by atoms with Crippen LogP contribution < -0.4 is 11.3 Å². The fraction of sp³-hybridized carbons (Fsp3) is 0.333. The Labute approximate surface area is 201 Å². The number of pyridine rings is 1. The quantitative estimate of drug-likeness (QED) is 0.497. The average Bonchev–Trinajstić information content (AvgIpc) is 2.75. The van der Waals surface area contributed by atoms with E-state index < -0.39 is 12.0 Å². The lowest BCUT2D eigenvalue weighted by Gasteiger charge is -2.11. The number of rotatable bonds is 6. The Morgan fingerprint density at radius 3 is 2.15 bits per heavy atom. The van der Waals surface area contributed by atoms with Gasteiger partial charge in [0.15, 0.2) is 0 Å². The number of carbonyl (C=O) groups excluding carboxylic acids is 1. The molecule has 0 aliphatic rings. The van der Waals surface area contributed by atoms with Gasteiger partial charge in [0.25, 0.3) is 5.56 Å². The van der Waals surface area contributed by atoms with Crippen molar-refractivity contribution < 1.29 is 9.53 Å². The van der Waals surface area contributed by atoms with E-state index in [0.29, 0.717) is 29.0 Å². The molecule has 1 atom stereocenters.